The van der Waals surface area contributed by atoms with E-state index >= 15 is 0 Å². The number of rotatable bonds is 6. The molecule has 1 atom stereocenters. The zero-order valence-corrected chi connectivity index (χ0v) is 9.91. The molecule has 1 rings (SSSR count). The highest BCUT2D eigenvalue weighted by Crippen LogP contribution is 2.15. The van der Waals surface area contributed by atoms with Gasteiger partial charge in [0.15, 0.2) is 0 Å². The van der Waals surface area contributed by atoms with Crippen LogP contribution in [-0.4, -0.2) is 50.1 Å². The summed E-state index contributed by atoms with van der Waals surface area (Å²) in [5.41, 5.74) is 5.57. The molecule has 0 aromatic heterocycles. The van der Waals surface area contributed by atoms with Crippen molar-refractivity contribution in [3.63, 3.8) is 0 Å². The Hall–Kier alpha value is -0.750. The quantitative estimate of drug-likeness (QED) is 0.711. The van der Waals surface area contributed by atoms with Gasteiger partial charge in [-0.15, -0.1) is 0 Å². The second kappa shape index (κ2) is 7.55. The molecule has 6 heteroatoms. The number of nitrogens with two attached hydrogens (primary N) is 1. The SMILES string of the molecule is NCC1CCCN(C(=O)CCOCC(F)F)C1. The van der Waals surface area contributed by atoms with Crippen LogP contribution >= 0.6 is 0 Å². The number of alkyl halides is 2. The van der Waals surface area contributed by atoms with E-state index in [1.165, 1.54) is 0 Å². The third kappa shape index (κ3) is 5.41. The molecule has 0 radical (unpaired) electrons. The van der Waals surface area contributed by atoms with Crippen LogP contribution in [0.15, 0.2) is 0 Å². The van der Waals surface area contributed by atoms with Gasteiger partial charge >= 0.3 is 0 Å². The summed E-state index contributed by atoms with van der Waals surface area (Å²) >= 11 is 0. The smallest absolute Gasteiger partial charge is 0.261 e. The fourth-order valence-corrected chi connectivity index (χ4v) is 1.97. The lowest BCUT2D eigenvalue weighted by molar-refractivity contribution is -0.134. The fourth-order valence-electron chi connectivity index (χ4n) is 1.97. The highest BCUT2D eigenvalue weighted by atomic mass is 19.3. The summed E-state index contributed by atoms with van der Waals surface area (Å²) in [5.74, 6) is 0.340. The monoisotopic (exact) mass is 250 g/mol. The predicted octanol–water partition coefficient (Wildman–Crippen LogP) is 0.856. The molecule has 17 heavy (non-hydrogen) atoms. The van der Waals surface area contributed by atoms with E-state index < -0.39 is 13.0 Å². The highest BCUT2D eigenvalue weighted by molar-refractivity contribution is 5.76. The molecule has 0 aromatic carbocycles. The summed E-state index contributed by atoms with van der Waals surface area (Å²) in [6, 6.07) is 0. The highest BCUT2D eigenvalue weighted by Gasteiger charge is 2.22. The summed E-state index contributed by atoms with van der Waals surface area (Å²) < 4.78 is 28.2. The second-order valence-corrected chi connectivity index (χ2v) is 4.30. The van der Waals surface area contributed by atoms with Crippen LogP contribution in [0.2, 0.25) is 0 Å². The number of likely N-dealkylation sites (tertiary alicyclic amines) is 1. The van der Waals surface area contributed by atoms with Gasteiger partial charge in [0.2, 0.25) is 5.91 Å². The van der Waals surface area contributed by atoms with E-state index in [2.05, 4.69) is 4.74 Å². The van der Waals surface area contributed by atoms with Gasteiger partial charge in [0.1, 0.15) is 6.61 Å². The molecule has 2 N–H and O–H groups in total. The lowest BCUT2D eigenvalue weighted by atomic mass is 9.98. The number of amides is 1. The topological polar surface area (TPSA) is 55.6 Å². The summed E-state index contributed by atoms with van der Waals surface area (Å²) in [5, 5.41) is 0. The molecule has 1 aliphatic heterocycles. The van der Waals surface area contributed by atoms with Crippen molar-refractivity contribution < 1.29 is 18.3 Å². The molecular weight excluding hydrogens is 230 g/mol. The Morgan fingerprint density at radius 3 is 2.94 bits per heavy atom. The van der Waals surface area contributed by atoms with E-state index in [0.29, 0.717) is 19.0 Å². The van der Waals surface area contributed by atoms with Crippen molar-refractivity contribution in [2.24, 2.45) is 11.7 Å². The van der Waals surface area contributed by atoms with Gasteiger partial charge in [-0.2, -0.15) is 0 Å². The van der Waals surface area contributed by atoms with Gasteiger partial charge < -0.3 is 15.4 Å². The van der Waals surface area contributed by atoms with Crippen LogP contribution < -0.4 is 5.73 Å². The van der Waals surface area contributed by atoms with Gasteiger partial charge in [-0.3, -0.25) is 4.79 Å². The number of hydrogen-bond acceptors (Lipinski definition) is 3. The third-order valence-electron chi connectivity index (χ3n) is 2.91. The van der Waals surface area contributed by atoms with Gasteiger partial charge in [0.05, 0.1) is 13.0 Å². The number of halogens is 2. The van der Waals surface area contributed by atoms with Gasteiger partial charge in [-0.05, 0) is 25.3 Å². The van der Waals surface area contributed by atoms with E-state index in [1.54, 1.807) is 4.90 Å². The molecule has 1 saturated heterocycles. The predicted molar refractivity (Wildman–Crippen MR) is 59.8 cm³/mol. The molecular formula is C11H20F2N2O2. The first-order chi connectivity index (χ1) is 8.13. The summed E-state index contributed by atoms with van der Waals surface area (Å²) in [7, 11) is 0. The van der Waals surface area contributed by atoms with Gasteiger partial charge in [0.25, 0.3) is 6.43 Å². The molecule has 0 spiro atoms. The maximum Gasteiger partial charge on any atom is 0.261 e. The molecule has 1 unspecified atom stereocenters. The number of carbonyl (C=O) groups is 1. The Morgan fingerprint density at radius 1 is 1.53 bits per heavy atom. The van der Waals surface area contributed by atoms with Crippen LogP contribution in [0.3, 0.4) is 0 Å². The van der Waals surface area contributed by atoms with Crippen LogP contribution in [0.25, 0.3) is 0 Å². The molecule has 1 fully saturated rings. The minimum atomic E-state index is -2.47. The zero-order chi connectivity index (χ0) is 12.7. The maximum absolute atomic E-state index is 11.8. The molecule has 100 valence electrons. The normalized spacial score (nSPS) is 20.9. The van der Waals surface area contributed by atoms with E-state index in [1.807, 2.05) is 0 Å². The van der Waals surface area contributed by atoms with Crippen LogP contribution in [0.5, 0.6) is 0 Å². The Morgan fingerprint density at radius 2 is 2.29 bits per heavy atom. The number of ether oxygens (including phenoxy) is 1. The largest absolute Gasteiger partial charge is 0.375 e. The van der Waals surface area contributed by atoms with E-state index in [9.17, 15) is 13.6 Å². The van der Waals surface area contributed by atoms with Crippen LogP contribution in [0.1, 0.15) is 19.3 Å². The second-order valence-electron chi connectivity index (χ2n) is 4.30. The van der Waals surface area contributed by atoms with Crippen molar-refractivity contribution in [3.05, 3.63) is 0 Å². The van der Waals surface area contributed by atoms with Gasteiger partial charge in [0, 0.05) is 13.1 Å². The van der Waals surface area contributed by atoms with Gasteiger partial charge in [-0.1, -0.05) is 0 Å². The number of carbonyl (C=O) groups excluding carboxylic acids is 1. The first-order valence-electron chi connectivity index (χ1n) is 5.97. The number of hydrogen-bond donors (Lipinski definition) is 1. The van der Waals surface area contributed by atoms with Crippen molar-refractivity contribution in [3.8, 4) is 0 Å². The molecule has 1 amide bonds. The van der Waals surface area contributed by atoms with Crippen molar-refractivity contribution in [2.45, 2.75) is 25.7 Å². The van der Waals surface area contributed by atoms with E-state index in [4.69, 9.17) is 5.73 Å². The van der Waals surface area contributed by atoms with Crippen molar-refractivity contribution in [2.75, 3.05) is 32.8 Å². The first kappa shape index (κ1) is 14.3. The fraction of sp³-hybridized carbons (Fsp3) is 0.909. The molecule has 4 nitrogen and oxygen atoms in total. The lowest BCUT2D eigenvalue weighted by Gasteiger charge is -2.32. The molecule has 1 heterocycles. The molecule has 0 aromatic rings. The lowest BCUT2D eigenvalue weighted by Crippen LogP contribution is -2.42. The standard InChI is InChI=1S/C11H20F2N2O2/c12-10(13)8-17-5-3-11(16)15-4-1-2-9(6-14)7-15/h9-10H,1-8,14H2. The van der Waals surface area contributed by atoms with Crippen molar-refractivity contribution in [1.82, 2.24) is 4.90 Å². The van der Waals surface area contributed by atoms with Crippen LogP contribution in [-0.2, 0) is 9.53 Å². The minimum Gasteiger partial charge on any atom is -0.375 e. The summed E-state index contributed by atoms with van der Waals surface area (Å²) in [6.45, 7) is 1.48. The van der Waals surface area contributed by atoms with Crippen molar-refractivity contribution in [1.29, 1.82) is 0 Å². The van der Waals surface area contributed by atoms with Gasteiger partial charge in [-0.25, -0.2) is 8.78 Å². The summed E-state index contributed by atoms with van der Waals surface area (Å²) in [4.78, 5) is 13.5. The number of nitrogens with zero attached hydrogens (tertiary/aromatic N) is 1. The molecule has 1 aliphatic rings. The van der Waals surface area contributed by atoms with E-state index in [-0.39, 0.29) is 18.9 Å². The van der Waals surface area contributed by atoms with Crippen LogP contribution in [0.4, 0.5) is 8.78 Å². The molecule has 0 bridgehead atoms. The Bertz CT molecular complexity index is 240. The first-order valence-corrected chi connectivity index (χ1v) is 5.97. The third-order valence-corrected chi connectivity index (χ3v) is 2.91. The zero-order valence-electron chi connectivity index (χ0n) is 9.91. The average Bonchev–Trinajstić information content (AvgIpc) is 2.34. The molecule has 0 aliphatic carbocycles. The Labute approximate surface area is 100 Å². The van der Waals surface area contributed by atoms with Crippen molar-refractivity contribution >= 4 is 5.91 Å². The minimum absolute atomic E-state index is 0.0302. The Kier molecular flexibility index (Phi) is 6.36. The maximum atomic E-state index is 11.8. The van der Waals surface area contributed by atoms with Crippen LogP contribution in [0, 0.1) is 5.92 Å². The molecule has 0 saturated carbocycles. The van der Waals surface area contributed by atoms with E-state index in [0.717, 1.165) is 19.4 Å². The Balaban J connectivity index is 2.18. The average molecular weight is 250 g/mol. The summed E-state index contributed by atoms with van der Waals surface area (Å²) in [6.07, 6.45) is -0.279. The number of piperidine rings is 1.